The lowest BCUT2D eigenvalue weighted by Crippen LogP contribution is -2.37. The molecular weight excluding hydrogens is 415 g/mol. The highest BCUT2D eigenvalue weighted by atomic mass is 127. The van der Waals surface area contributed by atoms with E-state index in [4.69, 9.17) is 0 Å². The van der Waals surface area contributed by atoms with Crippen molar-refractivity contribution in [2.75, 3.05) is 13.6 Å². The summed E-state index contributed by atoms with van der Waals surface area (Å²) in [7, 11) is 1.80. The number of nitrogens with one attached hydrogen (secondary N) is 2. The third-order valence-corrected chi connectivity index (χ3v) is 4.58. The number of rotatable bonds is 6. The summed E-state index contributed by atoms with van der Waals surface area (Å²) in [5.74, 6) is 2.66. The van der Waals surface area contributed by atoms with Crippen molar-refractivity contribution in [3.05, 3.63) is 30.2 Å². The van der Waals surface area contributed by atoms with E-state index in [1.54, 1.807) is 7.05 Å². The fourth-order valence-electron chi connectivity index (χ4n) is 3.29. The summed E-state index contributed by atoms with van der Waals surface area (Å²) in [4.78, 5) is 4.27. The van der Waals surface area contributed by atoms with Crippen LogP contribution < -0.4 is 10.6 Å². The molecule has 1 aliphatic carbocycles. The Morgan fingerprint density at radius 1 is 1.25 bits per heavy atom. The lowest BCUT2D eigenvalue weighted by Gasteiger charge is -2.12. The number of guanidine groups is 1. The minimum Gasteiger partial charge on any atom is -0.356 e. The Hall–Kier alpha value is -1.38. The Kier molecular flexibility index (Phi) is 7.74. The van der Waals surface area contributed by atoms with Gasteiger partial charge in [0.05, 0.1) is 6.54 Å². The van der Waals surface area contributed by atoms with Gasteiger partial charge in [-0.15, -0.1) is 34.2 Å². The lowest BCUT2D eigenvalue weighted by molar-refractivity contribution is 0.481. The highest BCUT2D eigenvalue weighted by Gasteiger charge is 2.14. The fourth-order valence-corrected chi connectivity index (χ4v) is 3.29. The van der Waals surface area contributed by atoms with Crippen LogP contribution in [-0.2, 0) is 6.54 Å². The Morgan fingerprint density at radius 2 is 2.08 bits per heavy atom. The highest BCUT2D eigenvalue weighted by Crippen LogP contribution is 2.28. The van der Waals surface area contributed by atoms with Gasteiger partial charge in [-0.3, -0.25) is 9.39 Å². The fraction of sp³-hybridized carbons (Fsp3) is 0.588. The van der Waals surface area contributed by atoms with Crippen molar-refractivity contribution in [1.82, 2.24) is 25.2 Å². The normalized spacial score (nSPS) is 15.5. The Bertz CT molecular complexity index is 647. The van der Waals surface area contributed by atoms with Gasteiger partial charge in [-0.2, -0.15) is 0 Å². The minimum absolute atomic E-state index is 0. The summed E-state index contributed by atoms with van der Waals surface area (Å²) in [6.45, 7) is 1.57. The van der Waals surface area contributed by atoms with Gasteiger partial charge in [-0.25, -0.2) is 0 Å². The van der Waals surface area contributed by atoms with Crippen LogP contribution in [0, 0.1) is 5.92 Å². The molecule has 7 heteroatoms. The summed E-state index contributed by atoms with van der Waals surface area (Å²) < 4.78 is 1.99. The van der Waals surface area contributed by atoms with Crippen LogP contribution >= 0.6 is 24.0 Å². The zero-order chi connectivity index (χ0) is 15.9. The Balaban J connectivity index is 0.00000208. The number of fused-ring (bicyclic) bond motifs is 1. The van der Waals surface area contributed by atoms with Crippen LogP contribution in [0.3, 0.4) is 0 Å². The van der Waals surface area contributed by atoms with Crippen molar-refractivity contribution in [3.8, 4) is 0 Å². The predicted molar refractivity (Wildman–Crippen MR) is 108 cm³/mol. The predicted octanol–water partition coefficient (Wildman–Crippen LogP) is 2.98. The van der Waals surface area contributed by atoms with Gasteiger partial charge in [0.1, 0.15) is 0 Å². The van der Waals surface area contributed by atoms with Crippen molar-refractivity contribution in [3.63, 3.8) is 0 Å². The van der Waals surface area contributed by atoms with E-state index in [1.165, 1.54) is 38.5 Å². The Labute approximate surface area is 160 Å². The number of hydrogen-bond acceptors (Lipinski definition) is 3. The third-order valence-electron chi connectivity index (χ3n) is 4.58. The zero-order valence-corrected chi connectivity index (χ0v) is 16.6. The van der Waals surface area contributed by atoms with E-state index in [0.717, 1.165) is 29.9 Å². The number of aromatic nitrogens is 3. The standard InChI is InChI=1S/C17H26N6.HI/c1-18-17(19-11-6-9-14-7-2-3-8-14)20-13-16-22-21-15-10-4-5-12-23(15)16;/h4-5,10,12,14H,2-3,6-9,11,13H2,1H3,(H2,18,19,20);1H. The molecule has 0 saturated heterocycles. The first kappa shape index (κ1) is 19.0. The number of nitrogens with zero attached hydrogens (tertiary/aromatic N) is 4. The summed E-state index contributed by atoms with van der Waals surface area (Å²) in [5.41, 5.74) is 0.865. The van der Waals surface area contributed by atoms with E-state index >= 15 is 0 Å². The van der Waals surface area contributed by atoms with Gasteiger partial charge in [0.25, 0.3) is 0 Å². The summed E-state index contributed by atoms with van der Waals surface area (Å²) in [6.07, 6.45) is 10.2. The van der Waals surface area contributed by atoms with Crippen LogP contribution in [0.1, 0.15) is 44.3 Å². The molecule has 1 saturated carbocycles. The molecule has 0 aromatic carbocycles. The molecule has 1 aliphatic rings. The van der Waals surface area contributed by atoms with Gasteiger partial charge in [0.2, 0.25) is 0 Å². The molecule has 2 heterocycles. The van der Waals surface area contributed by atoms with Gasteiger partial charge >= 0.3 is 0 Å². The maximum absolute atomic E-state index is 4.27. The molecule has 6 nitrogen and oxygen atoms in total. The molecular formula is C17H27IN6. The van der Waals surface area contributed by atoms with Crippen LogP contribution in [-0.4, -0.2) is 34.2 Å². The first-order chi connectivity index (χ1) is 11.4. The second-order valence-electron chi connectivity index (χ2n) is 6.19. The van der Waals surface area contributed by atoms with Crippen LogP contribution in [0.4, 0.5) is 0 Å². The number of halogens is 1. The Morgan fingerprint density at radius 3 is 2.88 bits per heavy atom. The van der Waals surface area contributed by atoms with Gasteiger partial charge in [0, 0.05) is 19.8 Å². The van der Waals surface area contributed by atoms with Crippen LogP contribution in [0.15, 0.2) is 29.4 Å². The first-order valence-electron chi connectivity index (χ1n) is 8.60. The smallest absolute Gasteiger partial charge is 0.191 e. The molecule has 1 fully saturated rings. The lowest BCUT2D eigenvalue weighted by atomic mass is 10.0. The average Bonchev–Trinajstić information content (AvgIpc) is 3.24. The third kappa shape index (κ3) is 5.06. The van der Waals surface area contributed by atoms with Gasteiger partial charge in [-0.1, -0.05) is 31.7 Å². The summed E-state index contributed by atoms with van der Waals surface area (Å²) in [5, 5.41) is 15.1. The van der Waals surface area contributed by atoms with Crippen LogP contribution in [0.5, 0.6) is 0 Å². The summed E-state index contributed by atoms with van der Waals surface area (Å²) in [6, 6.07) is 5.90. The molecule has 132 valence electrons. The van der Waals surface area contributed by atoms with E-state index in [-0.39, 0.29) is 24.0 Å². The summed E-state index contributed by atoms with van der Waals surface area (Å²) >= 11 is 0. The zero-order valence-electron chi connectivity index (χ0n) is 14.2. The SMILES string of the molecule is CN=C(NCCCC1CCCC1)NCc1nnc2ccccn12.I. The van der Waals surface area contributed by atoms with Gasteiger partial charge in [0.15, 0.2) is 17.4 Å². The molecule has 2 aromatic rings. The first-order valence-corrected chi connectivity index (χ1v) is 8.60. The van der Waals surface area contributed by atoms with Crippen LogP contribution in [0.2, 0.25) is 0 Å². The molecule has 3 rings (SSSR count). The molecule has 0 radical (unpaired) electrons. The molecule has 0 aliphatic heterocycles. The monoisotopic (exact) mass is 442 g/mol. The number of pyridine rings is 1. The van der Waals surface area contributed by atoms with Crippen molar-refractivity contribution >= 4 is 35.6 Å². The quantitative estimate of drug-likeness (QED) is 0.313. The minimum atomic E-state index is 0. The molecule has 24 heavy (non-hydrogen) atoms. The van der Waals surface area contributed by atoms with E-state index in [9.17, 15) is 0 Å². The van der Waals surface area contributed by atoms with Crippen molar-refractivity contribution in [2.45, 2.75) is 45.1 Å². The second kappa shape index (κ2) is 9.80. The van der Waals surface area contributed by atoms with E-state index in [0.29, 0.717) is 6.54 Å². The number of hydrogen-bond donors (Lipinski definition) is 2. The second-order valence-corrected chi connectivity index (χ2v) is 6.19. The van der Waals surface area contributed by atoms with Gasteiger partial charge in [-0.05, 0) is 30.9 Å². The average molecular weight is 442 g/mol. The molecule has 0 spiro atoms. The maximum Gasteiger partial charge on any atom is 0.191 e. The highest BCUT2D eigenvalue weighted by molar-refractivity contribution is 14.0. The topological polar surface area (TPSA) is 66.6 Å². The molecule has 0 unspecified atom stereocenters. The van der Waals surface area contributed by atoms with E-state index in [2.05, 4.69) is 25.8 Å². The number of aliphatic imine (C=N–C) groups is 1. The van der Waals surface area contributed by atoms with Crippen LogP contribution in [0.25, 0.3) is 5.65 Å². The molecule has 0 amide bonds. The van der Waals surface area contributed by atoms with E-state index < -0.39 is 0 Å². The van der Waals surface area contributed by atoms with Crippen molar-refractivity contribution in [2.24, 2.45) is 10.9 Å². The maximum atomic E-state index is 4.27. The molecule has 0 bridgehead atoms. The largest absolute Gasteiger partial charge is 0.356 e. The molecule has 2 N–H and O–H groups in total. The molecule has 0 atom stereocenters. The molecule has 2 aromatic heterocycles. The van der Waals surface area contributed by atoms with E-state index in [1.807, 2.05) is 28.8 Å². The van der Waals surface area contributed by atoms with Crippen molar-refractivity contribution < 1.29 is 0 Å². The van der Waals surface area contributed by atoms with Gasteiger partial charge < -0.3 is 10.6 Å². The van der Waals surface area contributed by atoms with Crippen molar-refractivity contribution in [1.29, 1.82) is 0 Å².